The Morgan fingerprint density at radius 1 is 0.941 bits per heavy atom. The van der Waals surface area contributed by atoms with Crippen LogP contribution in [0.3, 0.4) is 0 Å². The van der Waals surface area contributed by atoms with Crippen molar-refractivity contribution in [1.29, 1.82) is 0 Å². The Bertz CT molecular complexity index is 251. The molecule has 0 unspecified atom stereocenters. The molecular weight excluding hydrogens is 279 g/mol. The summed E-state index contributed by atoms with van der Waals surface area (Å²) in [7, 11) is 0. The number of esters is 2. The molecule has 17 heavy (non-hydrogen) atoms. The van der Waals surface area contributed by atoms with Gasteiger partial charge in [0.05, 0.1) is 0 Å². The maximum atomic E-state index is 11.2. The summed E-state index contributed by atoms with van der Waals surface area (Å²) in [4.78, 5) is 27.4. The Kier molecular flexibility index (Phi) is 10.4. The van der Waals surface area contributed by atoms with Gasteiger partial charge in [0.15, 0.2) is 5.34 Å². The molecule has 0 spiro atoms. The molecule has 13 heteroatoms. The van der Waals surface area contributed by atoms with Crippen LogP contribution in [0.15, 0.2) is 5.34 Å². The van der Waals surface area contributed by atoms with E-state index in [1.165, 1.54) is 5.34 Å². The fourth-order valence-corrected chi connectivity index (χ4v) is 0.200. The van der Waals surface area contributed by atoms with Crippen LogP contribution in [0.2, 0.25) is 0 Å². The van der Waals surface area contributed by atoms with Crippen molar-refractivity contribution in [2.45, 2.75) is 12.4 Å². The van der Waals surface area contributed by atoms with E-state index in [0.29, 0.717) is 0 Å². The Labute approximate surface area is 110 Å². The summed E-state index contributed by atoms with van der Waals surface area (Å²) < 4.78 is 69.7. The molecule has 0 aliphatic carbocycles. The Hall–Kier alpha value is -0.880. The maximum absolute atomic E-state index is 11.2. The monoisotopic (exact) mass is 281 g/mol. The Morgan fingerprint density at radius 2 is 1.12 bits per heavy atom. The van der Waals surface area contributed by atoms with Crippen LogP contribution in [0.5, 0.6) is 0 Å². The van der Waals surface area contributed by atoms with Crippen molar-refractivity contribution in [2.75, 3.05) is 0 Å². The van der Waals surface area contributed by atoms with Crippen LogP contribution in [0.4, 0.5) is 26.3 Å². The van der Waals surface area contributed by atoms with Crippen LogP contribution in [0, 0.1) is 4.91 Å². The van der Waals surface area contributed by atoms with Gasteiger partial charge in [-0.25, -0.2) is 9.59 Å². The number of carbonyl (C=O) groups is 2. The predicted molar refractivity (Wildman–Crippen MR) is 37.9 cm³/mol. The van der Waals surface area contributed by atoms with Crippen molar-refractivity contribution < 1.29 is 45.9 Å². The molecule has 0 aromatic carbocycles. The zero-order valence-corrected chi connectivity index (χ0v) is 6.80. The van der Waals surface area contributed by atoms with Crippen molar-refractivity contribution in [3.8, 4) is 0 Å². The molecule has 1 N–H and O–H groups in total. The SMILES string of the molecule is O=C(OC(=O)C(F)(F)F)C(F)(F)F.O=NO.[NaH]. The van der Waals surface area contributed by atoms with Gasteiger partial charge in [-0.1, -0.05) is 0 Å². The number of hydrogen-bond acceptors (Lipinski definition) is 5. The van der Waals surface area contributed by atoms with Crippen LogP contribution in [-0.4, -0.2) is 59.1 Å². The van der Waals surface area contributed by atoms with Gasteiger partial charge in [-0.2, -0.15) is 26.3 Å². The van der Waals surface area contributed by atoms with Crippen LogP contribution in [0.25, 0.3) is 0 Å². The quantitative estimate of drug-likeness (QED) is 0.176. The number of nitrogens with zero attached hydrogens (tertiary/aromatic N) is 1. The first kappa shape index (κ1) is 21.4. The number of alkyl halides is 6. The van der Waals surface area contributed by atoms with Gasteiger partial charge in [-0.15, -0.1) is 4.91 Å². The van der Waals surface area contributed by atoms with E-state index in [2.05, 4.69) is 4.74 Å². The number of ether oxygens (including phenoxy) is 1. The molecule has 0 saturated heterocycles. The Balaban J connectivity index is -0.000000440. The average molecular weight is 281 g/mol. The van der Waals surface area contributed by atoms with Crippen LogP contribution >= 0.6 is 0 Å². The zero-order valence-electron chi connectivity index (χ0n) is 6.80. The summed E-state index contributed by atoms with van der Waals surface area (Å²) in [5, 5.41) is 7.89. The van der Waals surface area contributed by atoms with E-state index in [0.717, 1.165) is 0 Å². The standard InChI is InChI=1S/C4F6O3.HNO2.Na.H/c5-3(6,7)1(11)13-2(12)4(8,9)10;2-1-3;;/h;(H,2,3);;. The predicted octanol–water partition coefficient (Wildman–Crippen LogP) is 0.674. The number of halogens is 6. The molecule has 0 aliphatic heterocycles. The van der Waals surface area contributed by atoms with Gasteiger partial charge >= 0.3 is 53.8 Å². The number of rotatable bonds is 0. The van der Waals surface area contributed by atoms with E-state index < -0.39 is 24.3 Å². The molecular formula is C4H2F6NNaO5. The van der Waals surface area contributed by atoms with Gasteiger partial charge in [0.2, 0.25) is 0 Å². The van der Waals surface area contributed by atoms with Crippen molar-refractivity contribution in [3.05, 3.63) is 4.91 Å². The first-order valence-corrected chi connectivity index (χ1v) is 2.83. The molecule has 0 aromatic heterocycles. The average Bonchev–Trinajstić information content (AvgIpc) is 2.01. The van der Waals surface area contributed by atoms with Crippen molar-refractivity contribution >= 4 is 41.5 Å². The minimum atomic E-state index is -5.62. The summed E-state index contributed by atoms with van der Waals surface area (Å²) in [6.07, 6.45) is -11.2. The van der Waals surface area contributed by atoms with Crippen molar-refractivity contribution in [2.24, 2.45) is 5.34 Å². The number of hydrogen-bond donors (Lipinski definition) is 1. The third kappa shape index (κ3) is 11.4. The normalized spacial score (nSPS) is 10.2. The van der Waals surface area contributed by atoms with E-state index in [4.69, 9.17) is 10.1 Å². The summed E-state index contributed by atoms with van der Waals surface area (Å²) in [6, 6.07) is 0. The van der Waals surface area contributed by atoms with E-state index >= 15 is 0 Å². The molecule has 0 radical (unpaired) electrons. The second-order valence-corrected chi connectivity index (χ2v) is 1.75. The third-order valence-corrected chi connectivity index (χ3v) is 0.648. The summed E-state index contributed by atoms with van der Waals surface area (Å²) in [5.74, 6) is -6.40. The molecule has 6 nitrogen and oxygen atoms in total. The van der Waals surface area contributed by atoms with E-state index in [1.54, 1.807) is 0 Å². The minimum absolute atomic E-state index is 0. The molecule has 0 aliphatic rings. The van der Waals surface area contributed by atoms with Gasteiger partial charge < -0.3 is 9.94 Å². The molecule has 0 fully saturated rings. The molecule has 0 amide bonds. The van der Waals surface area contributed by atoms with Crippen molar-refractivity contribution in [1.82, 2.24) is 0 Å². The molecule has 0 aromatic rings. The first-order chi connectivity index (χ1) is 6.96. The summed E-state index contributed by atoms with van der Waals surface area (Å²) in [6.45, 7) is 0. The molecule has 0 heterocycles. The molecule has 0 saturated carbocycles. The van der Waals surface area contributed by atoms with Crippen LogP contribution in [0.1, 0.15) is 0 Å². The second-order valence-electron chi connectivity index (χ2n) is 1.75. The summed E-state index contributed by atoms with van der Waals surface area (Å²) >= 11 is 0. The molecule has 0 atom stereocenters. The van der Waals surface area contributed by atoms with Crippen LogP contribution < -0.4 is 0 Å². The van der Waals surface area contributed by atoms with Crippen molar-refractivity contribution in [3.63, 3.8) is 0 Å². The van der Waals surface area contributed by atoms with Gasteiger partial charge in [-0.05, 0) is 0 Å². The summed E-state index contributed by atoms with van der Waals surface area (Å²) in [5.41, 5.74) is 0. The zero-order chi connectivity index (χ0) is 13.6. The van der Waals surface area contributed by atoms with E-state index in [1.807, 2.05) is 0 Å². The molecule has 96 valence electrons. The van der Waals surface area contributed by atoms with Gasteiger partial charge in [0.1, 0.15) is 0 Å². The fraction of sp³-hybridized carbons (Fsp3) is 0.500. The van der Waals surface area contributed by atoms with E-state index in [9.17, 15) is 35.9 Å². The van der Waals surface area contributed by atoms with Gasteiger partial charge in [0, 0.05) is 0 Å². The van der Waals surface area contributed by atoms with Gasteiger partial charge in [0.25, 0.3) is 0 Å². The third-order valence-electron chi connectivity index (χ3n) is 0.648. The number of carbonyl (C=O) groups excluding carboxylic acids is 2. The molecule has 0 rings (SSSR count). The van der Waals surface area contributed by atoms with Crippen LogP contribution in [-0.2, 0) is 14.3 Å². The van der Waals surface area contributed by atoms with E-state index in [-0.39, 0.29) is 29.6 Å². The fourth-order valence-electron chi connectivity index (χ4n) is 0.200. The van der Waals surface area contributed by atoms with Gasteiger partial charge in [-0.3, -0.25) is 0 Å². The first-order valence-electron chi connectivity index (χ1n) is 2.83. The topological polar surface area (TPSA) is 93.0 Å². The Morgan fingerprint density at radius 3 is 1.24 bits per heavy atom. The second kappa shape index (κ2) is 8.25. The molecule has 0 bridgehead atoms.